The number of amides is 1. The van der Waals surface area contributed by atoms with Crippen molar-refractivity contribution in [3.63, 3.8) is 0 Å². The van der Waals surface area contributed by atoms with E-state index in [1.54, 1.807) is 11.3 Å². The molecule has 130 valence electrons. The minimum atomic E-state index is -0.573. The topological polar surface area (TPSA) is 65.2 Å². The Morgan fingerprint density at radius 2 is 1.96 bits per heavy atom. The molecule has 3 rings (SSSR count). The summed E-state index contributed by atoms with van der Waals surface area (Å²) in [4.78, 5) is 31.5. The number of rotatable bonds is 6. The molecule has 1 unspecified atom stereocenters. The summed E-state index contributed by atoms with van der Waals surface area (Å²) in [5.74, 6) is -1.07. The van der Waals surface area contributed by atoms with E-state index in [1.807, 2.05) is 67.7 Å². The van der Waals surface area contributed by atoms with Gasteiger partial charge in [-0.15, -0.1) is 11.3 Å². The van der Waals surface area contributed by atoms with E-state index in [0.717, 1.165) is 15.8 Å². The van der Waals surface area contributed by atoms with Crippen LogP contribution in [0.2, 0.25) is 0 Å². The number of benzene rings is 1. The van der Waals surface area contributed by atoms with Crippen molar-refractivity contribution in [1.82, 2.24) is 15.2 Å². The number of aryl methyl sites for hydroxylation is 1. The average Bonchev–Trinajstić information content (AvgIpc) is 3.20. The molecule has 2 heterocycles. The monoisotopic (exact) mass is 355 g/mol. The number of likely N-dealkylation sites (N-methyl/N-ethyl adjacent to an activating group) is 1. The molecule has 3 aromatic rings. The Labute approximate surface area is 150 Å². The number of hydrogen-bond donors (Lipinski definition) is 2. The van der Waals surface area contributed by atoms with Crippen LogP contribution in [-0.4, -0.2) is 42.2 Å². The fraction of sp³-hybridized carbons (Fsp3) is 0.263. The van der Waals surface area contributed by atoms with E-state index in [4.69, 9.17) is 0 Å². The first-order chi connectivity index (χ1) is 12.0. The molecule has 0 aliphatic carbocycles. The highest BCUT2D eigenvalue weighted by molar-refractivity contribution is 7.10. The van der Waals surface area contributed by atoms with Crippen LogP contribution in [0.4, 0.5) is 0 Å². The molecule has 1 aromatic carbocycles. The lowest BCUT2D eigenvalue weighted by molar-refractivity contribution is -0.117. The molecule has 0 radical (unpaired) electrons. The molecular weight excluding hydrogens is 334 g/mol. The predicted molar refractivity (Wildman–Crippen MR) is 101 cm³/mol. The van der Waals surface area contributed by atoms with Crippen molar-refractivity contribution in [3.05, 3.63) is 57.9 Å². The van der Waals surface area contributed by atoms with Gasteiger partial charge in [-0.05, 0) is 38.5 Å². The summed E-state index contributed by atoms with van der Waals surface area (Å²) in [5, 5.41) is 5.58. The van der Waals surface area contributed by atoms with Gasteiger partial charge in [0, 0.05) is 28.0 Å². The highest BCUT2D eigenvalue weighted by atomic mass is 32.1. The number of para-hydroxylation sites is 1. The number of nitrogens with zero attached hydrogens (tertiary/aromatic N) is 1. The van der Waals surface area contributed by atoms with Crippen LogP contribution in [0.3, 0.4) is 0 Å². The molecule has 6 heteroatoms. The van der Waals surface area contributed by atoms with E-state index in [2.05, 4.69) is 10.3 Å². The quantitative estimate of drug-likeness (QED) is 0.527. The van der Waals surface area contributed by atoms with Crippen LogP contribution < -0.4 is 5.32 Å². The number of fused-ring (bicyclic) bond motifs is 1. The first-order valence-corrected chi connectivity index (χ1v) is 8.96. The van der Waals surface area contributed by atoms with E-state index in [9.17, 15) is 9.59 Å². The number of aromatic amines is 1. The van der Waals surface area contributed by atoms with Crippen molar-refractivity contribution in [2.24, 2.45) is 0 Å². The maximum Gasteiger partial charge on any atom is 0.292 e. The third-order valence-corrected chi connectivity index (χ3v) is 5.25. The van der Waals surface area contributed by atoms with E-state index in [-0.39, 0.29) is 6.04 Å². The number of nitrogens with one attached hydrogen (secondary N) is 2. The van der Waals surface area contributed by atoms with E-state index < -0.39 is 11.7 Å². The maximum atomic E-state index is 12.7. The second-order valence-electron chi connectivity index (χ2n) is 6.20. The number of aromatic nitrogens is 1. The third kappa shape index (κ3) is 3.50. The smallest absolute Gasteiger partial charge is 0.292 e. The normalized spacial score (nSPS) is 12.5. The summed E-state index contributed by atoms with van der Waals surface area (Å²) in [5.41, 5.74) is 2.02. The third-order valence-electron chi connectivity index (χ3n) is 4.28. The zero-order chi connectivity index (χ0) is 18.0. The number of thiophene rings is 1. The van der Waals surface area contributed by atoms with Crippen LogP contribution in [0, 0.1) is 6.92 Å². The van der Waals surface area contributed by atoms with Gasteiger partial charge < -0.3 is 15.2 Å². The highest BCUT2D eigenvalue weighted by Gasteiger charge is 2.24. The summed E-state index contributed by atoms with van der Waals surface area (Å²) in [6, 6.07) is 11.6. The Bertz CT molecular complexity index is 897. The SMILES string of the molecule is Cc1[nH]c2ccccc2c1C(=O)C(=O)NCC(c1cccs1)N(C)C. The number of hydrogen-bond acceptors (Lipinski definition) is 4. The zero-order valence-electron chi connectivity index (χ0n) is 14.5. The lowest BCUT2D eigenvalue weighted by atomic mass is 10.1. The first kappa shape index (κ1) is 17.4. The molecule has 0 saturated heterocycles. The predicted octanol–water partition coefficient (Wildman–Crippen LogP) is 3.14. The Morgan fingerprint density at radius 1 is 1.20 bits per heavy atom. The molecule has 5 nitrogen and oxygen atoms in total. The van der Waals surface area contributed by atoms with Gasteiger partial charge in [0.15, 0.2) is 0 Å². The number of ketones is 1. The van der Waals surface area contributed by atoms with E-state index in [1.165, 1.54) is 0 Å². The van der Waals surface area contributed by atoms with Crippen LogP contribution >= 0.6 is 11.3 Å². The molecule has 0 aliphatic rings. The summed E-state index contributed by atoms with van der Waals surface area (Å²) >= 11 is 1.64. The fourth-order valence-corrected chi connectivity index (χ4v) is 3.89. The van der Waals surface area contributed by atoms with Gasteiger partial charge in [-0.25, -0.2) is 0 Å². The maximum absolute atomic E-state index is 12.7. The van der Waals surface area contributed by atoms with Gasteiger partial charge in [-0.2, -0.15) is 0 Å². The minimum absolute atomic E-state index is 0.0424. The highest BCUT2D eigenvalue weighted by Crippen LogP contribution is 2.24. The molecule has 2 aromatic heterocycles. The van der Waals surface area contributed by atoms with Gasteiger partial charge >= 0.3 is 0 Å². The Hall–Kier alpha value is -2.44. The second kappa shape index (κ2) is 7.21. The van der Waals surface area contributed by atoms with E-state index >= 15 is 0 Å². The number of Topliss-reactive ketones (excluding diaryl/α,β-unsaturated/α-hetero) is 1. The van der Waals surface area contributed by atoms with Crippen molar-refractivity contribution < 1.29 is 9.59 Å². The van der Waals surface area contributed by atoms with Gasteiger partial charge in [-0.1, -0.05) is 24.3 Å². The van der Waals surface area contributed by atoms with Gasteiger partial charge in [0.2, 0.25) is 0 Å². The number of H-pyrrole nitrogens is 1. The zero-order valence-corrected chi connectivity index (χ0v) is 15.3. The summed E-state index contributed by atoms with van der Waals surface area (Å²) in [6.07, 6.45) is 0. The first-order valence-electron chi connectivity index (χ1n) is 8.08. The molecule has 1 amide bonds. The molecule has 0 aliphatic heterocycles. The van der Waals surface area contributed by atoms with Crippen LogP contribution in [0.5, 0.6) is 0 Å². The van der Waals surface area contributed by atoms with Crippen LogP contribution in [-0.2, 0) is 4.79 Å². The summed E-state index contributed by atoms with van der Waals surface area (Å²) in [7, 11) is 3.92. The number of carbonyl (C=O) groups excluding carboxylic acids is 2. The van der Waals surface area contributed by atoms with Crippen molar-refractivity contribution in [3.8, 4) is 0 Å². The summed E-state index contributed by atoms with van der Waals surface area (Å²) < 4.78 is 0. The van der Waals surface area contributed by atoms with E-state index in [0.29, 0.717) is 17.8 Å². The van der Waals surface area contributed by atoms with Crippen LogP contribution in [0.1, 0.15) is 27.0 Å². The molecule has 0 bridgehead atoms. The minimum Gasteiger partial charge on any atom is -0.358 e. The van der Waals surface area contributed by atoms with Crippen LogP contribution in [0.25, 0.3) is 10.9 Å². The Morgan fingerprint density at radius 3 is 2.64 bits per heavy atom. The second-order valence-corrected chi connectivity index (χ2v) is 7.18. The number of carbonyl (C=O) groups is 2. The molecular formula is C19H21N3O2S. The molecule has 0 fully saturated rings. The van der Waals surface area contributed by atoms with Gasteiger partial charge in [0.25, 0.3) is 11.7 Å². The van der Waals surface area contributed by atoms with Crippen molar-refractivity contribution in [1.29, 1.82) is 0 Å². The Balaban J connectivity index is 1.76. The van der Waals surface area contributed by atoms with Gasteiger partial charge in [0.05, 0.1) is 11.6 Å². The molecule has 0 saturated carbocycles. The molecule has 1 atom stereocenters. The Kier molecular flexibility index (Phi) is 5.01. The summed E-state index contributed by atoms with van der Waals surface area (Å²) in [6.45, 7) is 2.20. The molecule has 25 heavy (non-hydrogen) atoms. The average molecular weight is 355 g/mol. The standard InChI is InChI=1S/C19H21N3O2S/c1-12-17(13-7-4-5-8-14(13)21-12)18(23)19(24)20-11-15(22(2)3)16-9-6-10-25-16/h4-10,15,21H,11H2,1-3H3,(H,20,24). The molecule has 2 N–H and O–H groups in total. The van der Waals surface area contributed by atoms with Gasteiger partial charge in [0.1, 0.15) is 0 Å². The van der Waals surface area contributed by atoms with Crippen molar-refractivity contribution in [2.75, 3.05) is 20.6 Å². The van der Waals surface area contributed by atoms with Crippen LogP contribution in [0.15, 0.2) is 41.8 Å². The lowest BCUT2D eigenvalue weighted by Gasteiger charge is -2.23. The largest absolute Gasteiger partial charge is 0.358 e. The van der Waals surface area contributed by atoms with Crippen molar-refractivity contribution in [2.45, 2.75) is 13.0 Å². The molecule has 0 spiro atoms. The fourth-order valence-electron chi connectivity index (χ4n) is 2.97. The van der Waals surface area contributed by atoms with Gasteiger partial charge in [-0.3, -0.25) is 9.59 Å². The lowest BCUT2D eigenvalue weighted by Crippen LogP contribution is -2.37. The van der Waals surface area contributed by atoms with Crippen molar-refractivity contribution >= 4 is 33.9 Å².